The Kier molecular flexibility index (Phi) is 5.22. The maximum Gasteiger partial charge on any atom is 0.297 e. The summed E-state index contributed by atoms with van der Waals surface area (Å²) in [5, 5.41) is 3.34. The lowest BCUT2D eigenvalue weighted by atomic mass is 9.98. The van der Waals surface area contributed by atoms with E-state index in [-0.39, 0.29) is 0 Å². The summed E-state index contributed by atoms with van der Waals surface area (Å²) in [6, 6.07) is 1.22. The molecule has 1 aromatic rings. The fraction of sp³-hybridized carbons (Fsp3) is 0.786. The predicted molar refractivity (Wildman–Crippen MR) is 75.3 cm³/mol. The summed E-state index contributed by atoms with van der Waals surface area (Å²) < 4.78 is 10.8. The van der Waals surface area contributed by atoms with E-state index in [2.05, 4.69) is 29.0 Å². The zero-order valence-electron chi connectivity index (χ0n) is 12.2. The van der Waals surface area contributed by atoms with E-state index in [4.69, 9.17) is 9.15 Å². The van der Waals surface area contributed by atoms with Crippen molar-refractivity contribution in [3.63, 3.8) is 0 Å². The average Bonchev–Trinajstić information content (AvgIpc) is 2.86. The zero-order valence-corrected chi connectivity index (χ0v) is 12.2. The lowest BCUT2D eigenvalue weighted by molar-refractivity contribution is 0.138. The molecule has 1 aromatic heterocycles. The second-order valence-corrected chi connectivity index (χ2v) is 5.54. The van der Waals surface area contributed by atoms with Gasteiger partial charge in [0.05, 0.1) is 5.69 Å². The molecule has 1 N–H and O–H groups in total. The Morgan fingerprint density at radius 1 is 1.47 bits per heavy atom. The van der Waals surface area contributed by atoms with Crippen molar-refractivity contribution in [2.45, 2.75) is 39.3 Å². The molecule has 0 spiro atoms. The number of aromatic nitrogens is 1. The number of nitrogens with one attached hydrogen (secondary N) is 1. The van der Waals surface area contributed by atoms with Gasteiger partial charge < -0.3 is 19.4 Å². The second kappa shape index (κ2) is 6.91. The summed E-state index contributed by atoms with van der Waals surface area (Å²) in [6.45, 7) is 7.89. The molecule has 0 unspecified atom stereocenters. The summed E-state index contributed by atoms with van der Waals surface area (Å²) in [7, 11) is 1.77. The van der Waals surface area contributed by atoms with Crippen molar-refractivity contribution in [1.29, 1.82) is 0 Å². The molecule has 0 atom stereocenters. The molecule has 0 aromatic carbocycles. The standard InChI is InChI=1S/C14H25N3O2/c1-11(2)15-8-13-10-19-14(16-13)17-6-4-12(5-7-17)9-18-3/h10-12,15H,4-9H2,1-3H3. The highest BCUT2D eigenvalue weighted by atomic mass is 16.5. The molecule has 0 bridgehead atoms. The first kappa shape index (κ1) is 14.3. The topological polar surface area (TPSA) is 50.5 Å². The molecule has 1 fully saturated rings. The van der Waals surface area contributed by atoms with Gasteiger partial charge in [0.25, 0.3) is 6.01 Å². The summed E-state index contributed by atoms with van der Waals surface area (Å²) >= 11 is 0. The molecule has 5 nitrogen and oxygen atoms in total. The van der Waals surface area contributed by atoms with Crippen LogP contribution in [0.2, 0.25) is 0 Å². The van der Waals surface area contributed by atoms with Crippen LogP contribution in [0.3, 0.4) is 0 Å². The van der Waals surface area contributed by atoms with Crippen molar-refractivity contribution in [1.82, 2.24) is 10.3 Å². The minimum absolute atomic E-state index is 0.463. The number of nitrogens with zero attached hydrogens (tertiary/aromatic N) is 2. The van der Waals surface area contributed by atoms with E-state index < -0.39 is 0 Å². The molecule has 2 rings (SSSR count). The highest BCUT2D eigenvalue weighted by molar-refractivity contribution is 5.27. The number of oxazole rings is 1. The van der Waals surface area contributed by atoms with E-state index >= 15 is 0 Å². The first-order valence-corrected chi connectivity index (χ1v) is 7.10. The summed E-state index contributed by atoms with van der Waals surface area (Å²) in [6.07, 6.45) is 4.05. The number of hydrogen-bond acceptors (Lipinski definition) is 5. The van der Waals surface area contributed by atoms with Crippen molar-refractivity contribution < 1.29 is 9.15 Å². The van der Waals surface area contributed by atoms with Crippen LogP contribution < -0.4 is 10.2 Å². The van der Waals surface area contributed by atoms with Gasteiger partial charge in [0.2, 0.25) is 0 Å². The van der Waals surface area contributed by atoms with Gasteiger partial charge in [-0.1, -0.05) is 13.8 Å². The van der Waals surface area contributed by atoms with Gasteiger partial charge >= 0.3 is 0 Å². The number of rotatable bonds is 6. The molecule has 0 aliphatic carbocycles. The number of ether oxygens (including phenoxy) is 1. The minimum atomic E-state index is 0.463. The molecule has 2 heterocycles. The van der Waals surface area contributed by atoms with Gasteiger partial charge in [0.1, 0.15) is 6.26 Å². The van der Waals surface area contributed by atoms with Crippen molar-refractivity contribution in [2.24, 2.45) is 5.92 Å². The van der Waals surface area contributed by atoms with E-state index in [9.17, 15) is 0 Å². The van der Waals surface area contributed by atoms with Crippen LogP contribution >= 0.6 is 0 Å². The second-order valence-electron chi connectivity index (χ2n) is 5.54. The summed E-state index contributed by atoms with van der Waals surface area (Å²) in [4.78, 5) is 6.77. The molecule has 1 aliphatic rings. The van der Waals surface area contributed by atoms with E-state index in [0.717, 1.165) is 50.8 Å². The Bertz CT molecular complexity index is 371. The summed E-state index contributed by atoms with van der Waals surface area (Å²) in [5.74, 6) is 0.679. The molecule has 0 radical (unpaired) electrons. The predicted octanol–water partition coefficient (Wildman–Crippen LogP) is 2.04. The highest BCUT2D eigenvalue weighted by Crippen LogP contribution is 2.22. The largest absolute Gasteiger partial charge is 0.432 e. The van der Waals surface area contributed by atoms with Crippen molar-refractivity contribution in [3.05, 3.63) is 12.0 Å². The zero-order chi connectivity index (χ0) is 13.7. The van der Waals surface area contributed by atoms with Gasteiger partial charge in [-0.2, -0.15) is 4.98 Å². The van der Waals surface area contributed by atoms with Crippen LogP contribution in [0.5, 0.6) is 0 Å². The van der Waals surface area contributed by atoms with Crippen LogP contribution in [0, 0.1) is 5.92 Å². The van der Waals surface area contributed by atoms with Crippen LogP contribution in [0.1, 0.15) is 32.4 Å². The van der Waals surface area contributed by atoms with Gasteiger partial charge in [-0.15, -0.1) is 0 Å². The van der Waals surface area contributed by atoms with Gasteiger partial charge in [0, 0.05) is 39.4 Å². The van der Waals surface area contributed by atoms with Gasteiger partial charge in [-0.3, -0.25) is 0 Å². The molecular formula is C14H25N3O2. The Morgan fingerprint density at radius 2 is 2.21 bits per heavy atom. The SMILES string of the molecule is COCC1CCN(c2nc(CNC(C)C)co2)CC1. The molecule has 1 saturated heterocycles. The lowest BCUT2D eigenvalue weighted by Crippen LogP contribution is -2.35. The maximum absolute atomic E-state index is 5.58. The first-order chi connectivity index (χ1) is 9.19. The third-order valence-corrected chi connectivity index (χ3v) is 3.52. The average molecular weight is 267 g/mol. The van der Waals surface area contributed by atoms with Crippen LogP contribution in [0.25, 0.3) is 0 Å². The third-order valence-electron chi connectivity index (χ3n) is 3.52. The van der Waals surface area contributed by atoms with Crippen molar-refractivity contribution in [3.8, 4) is 0 Å². The third kappa shape index (κ3) is 4.21. The van der Waals surface area contributed by atoms with Gasteiger partial charge in [0.15, 0.2) is 0 Å². The molecule has 0 amide bonds. The van der Waals surface area contributed by atoms with Crippen molar-refractivity contribution in [2.75, 3.05) is 31.7 Å². The lowest BCUT2D eigenvalue weighted by Gasteiger charge is -2.30. The Hall–Kier alpha value is -1.07. The molecule has 5 heteroatoms. The van der Waals surface area contributed by atoms with E-state index in [1.165, 1.54) is 0 Å². The number of hydrogen-bond donors (Lipinski definition) is 1. The monoisotopic (exact) mass is 267 g/mol. The fourth-order valence-electron chi connectivity index (χ4n) is 2.36. The molecular weight excluding hydrogens is 242 g/mol. The normalized spacial score (nSPS) is 17.4. The maximum atomic E-state index is 5.58. The quantitative estimate of drug-likeness (QED) is 0.854. The van der Waals surface area contributed by atoms with Crippen LogP contribution in [0.15, 0.2) is 10.7 Å². The van der Waals surface area contributed by atoms with Gasteiger partial charge in [-0.05, 0) is 18.8 Å². The number of methoxy groups -OCH3 is 1. The first-order valence-electron chi connectivity index (χ1n) is 7.10. The van der Waals surface area contributed by atoms with Crippen LogP contribution in [0.4, 0.5) is 6.01 Å². The van der Waals surface area contributed by atoms with Gasteiger partial charge in [-0.25, -0.2) is 0 Å². The summed E-state index contributed by atoms with van der Waals surface area (Å²) in [5.41, 5.74) is 0.975. The molecule has 19 heavy (non-hydrogen) atoms. The Balaban J connectivity index is 1.82. The van der Waals surface area contributed by atoms with Crippen molar-refractivity contribution >= 4 is 6.01 Å². The van der Waals surface area contributed by atoms with E-state index in [0.29, 0.717) is 12.0 Å². The smallest absolute Gasteiger partial charge is 0.297 e. The number of piperidine rings is 1. The van der Waals surface area contributed by atoms with Crippen LogP contribution in [-0.2, 0) is 11.3 Å². The highest BCUT2D eigenvalue weighted by Gasteiger charge is 2.22. The van der Waals surface area contributed by atoms with E-state index in [1.807, 2.05) is 0 Å². The molecule has 0 saturated carbocycles. The molecule has 108 valence electrons. The Labute approximate surface area is 115 Å². The fourth-order valence-corrected chi connectivity index (χ4v) is 2.36. The Morgan fingerprint density at radius 3 is 2.84 bits per heavy atom. The number of anilines is 1. The van der Waals surface area contributed by atoms with E-state index in [1.54, 1.807) is 13.4 Å². The minimum Gasteiger partial charge on any atom is -0.432 e. The van der Waals surface area contributed by atoms with Crippen LogP contribution in [-0.4, -0.2) is 37.8 Å². The molecule has 1 aliphatic heterocycles.